The molecule has 1 aromatic rings. The maximum Gasteiger partial charge on any atom is 0.407 e. The molecular weight excluding hydrogens is 282 g/mol. The van der Waals surface area contributed by atoms with E-state index in [0.29, 0.717) is 0 Å². The number of nitrogens with zero attached hydrogens (tertiary/aromatic N) is 1. The number of aromatic amines is 1. The Hall–Kier alpha value is -2.13. The fraction of sp³-hybridized carbons (Fsp3) is 0.583. The maximum absolute atomic E-state index is 11.4. The Balaban J connectivity index is 2.59. The summed E-state index contributed by atoms with van der Waals surface area (Å²) in [4.78, 5) is 22.3. The molecule has 1 amide bonds. The maximum atomic E-state index is 11.4. The van der Waals surface area contributed by atoms with Crippen molar-refractivity contribution in [3.05, 3.63) is 17.5 Å². The SMILES string of the molecule is CC(C)(C)OC(=O)NCC(O)C(O)c1cn[nH]c1C(=O)O. The van der Waals surface area contributed by atoms with Gasteiger partial charge in [0, 0.05) is 12.1 Å². The summed E-state index contributed by atoms with van der Waals surface area (Å²) < 4.78 is 4.97. The van der Waals surface area contributed by atoms with Gasteiger partial charge in [-0.25, -0.2) is 9.59 Å². The number of H-pyrrole nitrogens is 1. The highest BCUT2D eigenvalue weighted by Crippen LogP contribution is 2.19. The fourth-order valence-corrected chi connectivity index (χ4v) is 1.51. The van der Waals surface area contributed by atoms with Gasteiger partial charge in [0.15, 0.2) is 0 Å². The summed E-state index contributed by atoms with van der Waals surface area (Å²) in [6.07, 6.45) is -2.57. The first-order valence-corrected chi connectivity index (χ1v) is 6.21. The largest absolute Gasteiger partial charge is 0.477 e. The summed E-state index contributed by atoms with van der Waals surface area (Å²) >= 11 is 0. The van der Waals surface area contributed by atoms with E-state index >= 15 is 0 Å². The van der Waals surface area contributed by atoms with Crippen LogP contribution in [0.2, 0.25) is 0 Å². The van der Waals surface area contributed by atoms with Gasteiger partial charge in [-0.3, -0.25) is 5.10 Å². The third-order valence-corrected chi connectivity index (χ3v) is 2.42. The second-order valence-electron chi connectivity index (χ2n) is 5.40. The number of carbonyl (C=O) groups is 2. The van der Waals surface area contributed by atoms with Crippen LogP contribution in [-0.2, 0) is 4.74 Å². The summed E-state index contributed by atoms with van der Waals surface area (Å²) in [6.45, 7) is 4.74. The molecule has 0 saturated heterocycles. The zero-order chi connectivity index (χ0) is 16.2. The molecule has 0 spiro atoms. The topological polar surface area (TPSA) is 145 Å². The highest BCUT2D eigenvalue weighted by Gasteiger charge is 2.26. The molecule has 2 unspecified atom stereocenters. The predicted molar refractivity (Wildman–Crippen MR) is 70.8 cm³/mol. The molecule has 118 valence electrons. The van der Waals surface area contributed by atoms with Crippen molar-refractivity contribution in [2.45, 2.75) is 38.6 Å². The number of alkyl carbamates (subject to hydrolysis) is 1. The number of rotatable bonds is 5. The first-order chi connectivity index (χ1) is 9.61. The minimum Gasteiger partial charge on any atom is -0.477 e. The number of ether oxygens (including phenoxy) is 1. The Kier molecular flexibility index (Phi) is 5.28. The standard InChI is InChI=1S/C12H19N3O6/c1-12(2,3)21-11(20)13-5-7(16)9(17)6-4-14-15-8(6)10(18)19/h4,7,9,16-17H,5H2,1-3H3,(H,13,20)(H,14,15)(H,18,19). The number of aromatic carboxylic acids is 1. The molecule has 1 aromatic heterocycles. The van der Waals surface area contributed by atoms with E-state index in [1.54, 1.807) is 20.8 Å². The highest BCUT2D eigenvalue weighted by molar-refractivity contribution is 5.87. The second kappa shape index (κ2) is 6.55. The van der Waals surface area contributed by atoms with E-state index in [9.17, 15) is 19.8 Å². The number of aromatic nitrogens is 2. The first-order valence-electron chi connectivity index (χ1n) is 6.21. The minimum atomic E-state index is -1.51. The zero-order valence-electron chi connectivity index (χ0n) is 12.0. The summed E-state index contributed by atoms with van der Waals surface area (Å²) in [6, 6.07) is 0. The molecule has 1 heterocycles. The molecule has 9 nitrogen and oxygen atoms in total. The van der Waals surface area contributed by atoms with E-state index in [1.807, 2.05) is 0 Å². The Morgan fingerprint density at radius 3 is 2.57 bits per heavy atom. The van der Waals surface area contributed by atoms with Crippen molar-refractivity contribution in [2.75, 3.05) is 6.54 Å². The molecule has 5 N–H and O–H groups in total. The van der Waals surface area contributed by atoms with Gasteiger partial charge in [0.25, 0.3) is 0 Å². The van der Waals surface area contributed by atoms with Gasteiger partial charge in [0.1, 0.15) is 23.5 Å². The third-order valence-electron chi connectivity index (χ3n) is 2.42. The number of amides is 1. The summed E-state index contributed by atoms with van der Waals surface area (Å²) in [5.74, 6) is -1.31. The predicted octanol–water partition coefficient (Wildman–Crippen LogP) is 0.0269. The van der Waals surface area contributed by atoms with E-state index < -0.39 is 29.9 Å². The lowest BCUT2D eigenvalue weighted by atomic mass is 10.1. The zero-order valence-corrected chi connectivity index (χ0v) is 12.0. The van der Waals surface area contributed by atoms with E-state index in [1.165, 1.54) is 0 Å². The molecule has 2 atom stereocenters. The lowest BCUT2D eigenvalue weighted by Crippen LogP contribution is -2.39. The lowest BCUT2D eigenvalue weighted by Gasteiger charge is -2.22. The van der Waals surface area contributed by atoms with Gasteiger partial charge in [-0.15, -0.1) is 0 Å². The summed E-state index contributed by atoms with van der Waals surface area (Å²) in [7, 11) is 0. The normalized spacial score (nSPS) is 14.3. The summed E-state index contributed by atoms with van der Waals surface area (Å²) in [5, 5.41) is 36.5. The number of nitrogens with one attached hydrogen (secondary N) is 2. The molecule has 1 rings (SSSR count). The average Bonchev–Trinajstić information content (AvgIpc) is 2.82. The molecule has 0 bridgehead atoms. The van der Waals surface area contributed by atoms with Crippen molar-refractivity contribution in [1.82, 2.24) is 15.5 Å². The molecule has 0 aliphatic rings. The first kappa shape index (κ1) is 16.9. The molecule has 0 saturated carbocycles. The minimum absolute atomic E-state index is 0.0685. The van der Waals surface area contributed by atoms with Crippen LogP contribution in [-0.4, -0.2) is 55.8 Å². The average molecular weight is 301 g/mol. The Morgan fingerprint density at radius 1 is 1.43 bits per heavy atom. The van der Waals surface area contributed by atoms with Crippen LogP contribution in [0.25, 0.3) is 0 Å². The Labute approximate surface area is 120 Å². The molecule has 0 radical (unpaired) electrons. The van der Waals surface area contributed by atoms with E-state index in [0.717, 1.165) is 6.20 Å². The van der Waals surface area contributed by atoms with Gasteiger partial charge in [-0.05, 0) is 20.8 Å². The van der Waals surface area contributed by atoms with E-state index in [4.69, 9.17) is 9.84 Å². The molecular formula is C12H19N3O6. The van der Waals surface area contributed by atoms with Gasteiger partial charge >= 0.3 is 12.1 Å². The number of hydrogen-bond acceptors (Lipinski definition) is 6. The van der Waals surface area contributed by atoms with Crippen LogP contribution < -0.4 is 5.32 Å². The number of carbonyl (C=O) groups excluding carboxylic acids is 1. The van der Waals surface area contributed by atoms with Gasteiger partial charge in [0.05, 0.1) is 6.20 Å². The van der Waals surface area contributed by atoms with Crippen molar-refractivity contribution >= 4 is 12.1 Å². The number of aliphatic hydroxyl groups is 2. The molecule has 21 heavy (non-hydrogen) atoms. The molecule has 0 aliphatic carbocycles. The highest BCUT2D eigenvalue weighted by atomic mass is 16.6. The monoisotopic (exact) mass is 301 g/mol. The lowest BCUT2D eigenvalue weighted by molar-refractivity contribution is 0.0121. The number of carboxylic acid groups (broad SMARTS) is 1. The van der Waals surface area contributed by atoms with Crippen molar-refractivity contribution in [3.8, 4) is 0 Å². The Morgan fingerprint density at radius 2 is 2.05 bits per heavy atom. The van der Waals surface area contributed by atoms with E-state index in [-0.39, 0.29) is 17.8 Å². The second-order valence-corrected chi connectivity index (χ2v) is 5.40. The van der Waals surface area contributed by atoms with Crippen LogP contribution in [0.1, 0.15) is 42.9 Å². The quantitative estimate of drug-likeness (QED) is 0.515. The number of carboxylic acids is 1. The molecule has 9 heteroatoms. The van der Waals surface area contributed by atoms with Gasteiger partial charge in [-0.1, -0.05) is 0 Å². The third kappa shape index (κ3) is 5.04. The van der Waals surface area contributed by atoms with Gasteiger partial charge < -0.3 is 25.4 Å². The number of hydrogen-bond donors (Lipinski definition) is 5. The molecule has 0 fully saturated rings. The number of aliphatic hydroxyl groups excluding tert-OH is 2. The van der Waals surface area contributed by atoms with Crippen LogP contribution in [0.3, 0.4) is 0 Å². The Bertz CT molecular complexity index is 507. The molecule has 0 aliphatic heterocycles. The van der Waals surface area contributed by atoms with Crippen molar-refractivity contribution in [1.29, 1.82) is 0 Å². The van der Waals surface area contributed by atoms with Crippen LogP contribution in [0.4, 0.5) is 4.79 Å². The van der Waals surface area contributed by atoms with Crippen LogP contribution in [0, 0.1) is 0 Å². The van der Waals surface area contributed by atoms with Gasteiger partial charge in [-0.2, -0.15) is 5.10 Å². The van der Waals surface area contributed by atoms with Gasteiger partial charge in [0.2, 0.25) is 0 Å². The van der Waals surface area contributed by atoms with Crippen molar-refractivity contribution in [3.63, 3.8) is 0 Å². The summed E-state index contributed by atoms with van der Waals surface area (Å²) in [5.41, 5.74) is -1.07. The van der Waals surface area contributed by atoms with Crippen molar-refractivity contribution < 1.29 is 29.6 Å². The van der Waals surface area contributed by atoms with Crippen LogP contribution >= 0.6 is 0 Å². The van der Waals surface area contributed by atoms with E-state index in [2.05, 4.69) is 15.5 Å². The molecule has 0 aromatic carbocycles. The van der Waals surface area contributed by atoms with Crippen LogP contribution in [0.15, 0.2) is 6.20 Å². The van der Waals surface area contributed by atoms with Crippen LogP contribution in [0.5, 0.6) is 0 Å². The smallest absolute Gasteiger partial charge is 0.407 e. The van der Waals surface area contributed by atoms with Crippen molar-refractivity contribution in [2.24, 2.45) is 0 Å². The fourth-order valence-electron chi connectivity index (χ4n) is 1.51.